The summed E-state index contributed by atoms with van der Waals surface area (Å²) in [7, 11) is 5.48. The third-order valence-corrected chi connectivity index (χ3v) is 12.7. The highest BCUT2D eigenvalue weighted by Crippen LogP contribution is 2.51. The number of esters is 1. The van der Waals surface area contributed by atoms with E-state index in [0.717, 1.165) is 0 Å². The molecule has 0 aromatic carbocycles. The molecule has 5 heterocycles. The molecule has 3 N–H and O–H groups in total. The predicted octanol–water partition coefficient (Wildman–Crippen LogP) is 2.42. The number of carbonyl (C=O) groups is 1. The molecule has 0 amide bonds. The van der Waals surface area contributed by atoms with Crippen molar-refractivity contribution in [1.82, 2.24) is 4.90 Å². The van der Waals surface area contributed by atoms with E-state index in [9.17, 15) is 20.1 Å². The van der Waals surface area contributed by atoms with Gasteiger partial charge in [-0.25, -0.2) is 4.99 Å². The molecule has 5 aliphatic heterocycles. The molecule has 0 radical (unpaired) electrons. The number of aliphatic hydroxyl groups excluding tert-OH is 2. The summed E-state index contributed by atoms with van der Waals surface area (Å²) in [4.78, 5) is 20.8. The second kappa shape index (κ2) is 14.6. The van der Waals surface area contributed by atoms with Gasteiger partial charge in [0, 0.05) is 37.8 Å². The maximum absolute atomic E-state index is 14.1. The fraction of sp³-hybridized carbons (Fsp3) is 0.946. The minimum absolute atomic E-state index is 0.185. The Hall–Kier alpha value is -1.46. The summed E-state index contributed by atoms with van der Waals surface area (Å²) in [5.41, 5.74) is -4.20. The van der Waals surface area contributed by atoms with Gasteiger partial charge in [-0.3, -0.25) is 4.79 Å². The number of methoxy groups -OCH3 is 1. The first-order valence-electron chi connectivity index (χ1n) is 18.6. The maximum Gasteiger partial charge on any atom is 0.311 e. The summed E-state index contributed by atoms with van der Waals surface area (Å²) >= 11 is 0. The van der Waals surface area contributed by atoms with Crippen LogP contribution in [0, 0.1) is 17.8 Å². The van der Waals surface area contributed by atoms with E-state index < -0.39 is 89.4 Å². The molecule has 2 bridgehead atoms. The minimum Gasteiger partial charge on any atom is -0.472 e. The zero-order valence-corrected chi connectivity index (χ0v) is 32.8. The number of aliphatic hydroxyl groups is 3. The van der Waals surface area contributed by atoms with Crippen molar-refractivity contribution in [3.8, 4) is 0 Å². The number of hydrogen-bond acceptors (Lipinski definition) is 14. The van der Waals surface area contributed by atoms with Gasteiger partial charge in [-0.15, -0.1) is 0 Å². The van der Waals surface area contributed by atoms with Crippen molar-refractivity contribution in [2.45, 2.75) is 178 Å². The standard InChI is InChI=1S/C37H64N2O12/c1-18-15-34(8)30(50-33-27(40)25(39(11)12)14-19(2)46-33)20(3)28(49-26-16-35(9,44-13)37(17-45-37)24(7)47-26)21(4)32(42)48-23(6)36(10,43)29(41)22(5)38-31(18)51-34/h18-30,33,40-41,43H,14-17H2,1-13H3/t18-,19?,20+,21-,22-,23-,24?,25-,26+,27?,28+,29-,30-,33+,34+,35+,36-,37+/m1/s1. The summed E-state index contributed by atoms with van der Waals surface area (Å²) in [5.74, 6) is -1.91. The number of nitrogens with zero attached hydrogens (tertiary/aromatic N) is 2. The summed E-state index contributed by atoms with van der Waals surface area (Å²) in [6, 6.07) is -1.02. The Labute approximate surface area is 303 Å². The molecule has 0 aromatic heterocycles. The van der Waals surface area contributed by atoms with Crippen molar-refractivity contribution in [2.75, 3.05) is 27.8 Å². The molecule has 294 valence electrons. The molecule has 1 spiro atoms. The molecule has 4 fully saturated rings. The Morgan fingerprint density at radius 1 is 0.941 bits per heavy atom. The first-order chi connectivity index (χ1) is 23.6. The van der Waals surface area contributed by atoms with Crippen LogP contribution in [0.5, 0.6) is 0 Å². The van der Waals surface area contributed by atoms with E-state index in [-0.39, 0.29) is 24.2 Å². The van der Waals surface area contributed by atoms with Crippen molar-refractivity contribution in [3.63, 3.8) is 0 Å². The van der Waals surface area contributed by atoms with Crippen LogP contribution in [0.15, 0.2) is 4.99 Å². The van der Waals surface area contributed by atoms with Gasteiger partial charge in [0.2, 0.25) is 0 Å². The van der Waals surface area contributed by atoms with Gasteiger partial charge >= 0.3 is 5.97 Å². The second-order valence-corrected chi connectivity index (χ2v) is 16.9. The Kier molecular flexibility index (Phi) is 11.7. The van der Waals surface area contributed by atoms with Gasteiger partial charge in [0.25, 0.3) is 0 Å². The Bertz CT molecular complexity index is 1280. The largest absolute Gasteiger partial charge is 0.472 e. The minimum atomic E-state index is -1.84. The molecular formula is C37H64N2O12. The van der Waals surface area contributed by atoms with Crippen molar-refractivity contribution in [2.24, 2.45) is 22.7 Å². The number of rotatable bonds is 6. The van der Waals surface area contributed by atoms with Gasteiger partial charge in [0.1, 0.15) is 46.8 Å². The van der Waals surface area contributed by atoms with E-state index in [2.05, 4.69) is 0 Å². The van der Waals surface area contributed by atoms with Gasteiger partial charge in [0.15, 0.2) is 18.5 Å². The number of ether oxygens (including phenoxy) is 8. The van der Waals surface area contributed by atoms with Crippen LogP contribution in [0.25, 0.3) is 0 Å². The quantitative estimate of drug-likeness (QED) is 0.270. The molecule has 51 heavy (non-hydrogen) atoms. The lowest BCUT2D eigenvalue weighted by atomic mass is 9.78. The van der Waals surface area contributed by atoms with Crippen molar-refractivity contribution in [1.29, 1.82) is 0 Å². The summed E-state index contributed by atoms with van der Waals surface area (Å²) < 4.78 is 51.0. The lowest BCUT2D eigenvalue weighted by Crippen LogP contribution is -2.61. The van der Waals surface area contributed by atoms with Gasteiger partial charge in [0.05, 0.1) is 36.9 Å². The number of hydrogen-bond donors (Lipinski definition) is 3. The van der Waals surface area contributed by atoms with E-state index in [1.54, 1.807) is 27.9 Å². The number of epoxide rings is 1. The molecule has 14 nitrogen and oxygen atoms in total. The zero-order valence-electron chi connectivity index (χ0n) is 32.8. The van der Waals surface area contributed by atoms with Gasteiger partial charge in [-0.05, 0) is 75.9 Å². The van der Waals surface area contributed by atoms with Crippen LogP contribution in [-0.4, -0.2) is 150 Å². The first-order valence-corrected chi connectivity index (χ1v) is 18.6. The van der Waals surface area contributed by atoms with Gasteiger partial charge in [-0.2, -0.15) is 0 Å². The number of aliphatic imine (C=N–C) groups is 1. The second-order valence-electron chi connectivity index (χ2n) is 16.9. The van der Waals surface area contributed by atoms with Gasteiger partial charge < -0.3 is 58.1 Å². The van der Waals surface area contributed by atoms with Crippen molar-refractivity contribution < 1.29 is 58.0 Å². The molecule has 0 aliphatic carbocycles. The van der Waals surface area contributed by atoms with Crippen LogP contribution in [0.1, 0.15) is 88.5 Å². The smallest absolute Gasteiger partial charge is 0.311 e. The van der Waals surface area contributed by atoms with Crippen LogP contribution < -0.4 is 0 Å². The van der Waals surface area contributed by atoms with Gasteiger partial charge in [-0.1, -0.05) is 13.8 Å². The number of carbonyl (C=O) groups excluding carboxylic acids is 1. The molecule has 5 aliphatic rings. The third-order valence-electron chi connectivity index (χ3n) is 12.7. The Balaban J connectivity index is 1.58. The highest BCUT2D eigenvalue weighted by molar-refractivity contribution is 5.81. The van der Waals surface area contributed by atoms with Crippen LogP contribution in [0.2, 0.25) is 0 Å². The average Bonchev–Trinajstić information content (AvgIpc) is 3.82. The SMILES string of the molecule is CO[C@@]1(C)C[C@H](O[C@H]2[C@H](C)[C@@H](O[C@@H]3OC(C)C[C@@H](N(C)C)C3O)[C@]3(C)C[C@@H](C)C(=N[C@H](C)[C@@H](O)[C@](C)(O)[C@@H](C)OC(=O)[C@@H]2C)O3)OC(C)[C@@]12CO2. The van der Waals surface area contributed by atoms with E-state index in [4.69, 9.17) is 42.9 Å². The molecular weight excluding hydrogens is 664 g/mol. The average molecular weight is 729 g/mol. The monoisotopic (exact) mass is 728 g/mol. The fourth-order valence-electron chi connectivity index (χ4n) is 8.87. The molecule has 3 unspecified atom stereocenters. The van der Waals surface area contributed by atoms with E-state index in [0.29, 0.717) is 31.8 Å². The molecule has 0 saturated carbocycles. The Morgan fingerprint density at radius 2 is 1.59 bits per heavy atom. The summed E-state index contributed by atoms with van der Waals surface area (Å²) in [5, 5.41) is 34.4. The Morgan fingerprint density at radius 3 is 2.18 bits per heavy atom. The summed E-state index contributed by atoms with van der Waals surface area (Å²) in [6.45, 7) is 18.6. The summed E-state index contributed by atoms with van der Waals surface area (Å²) in [6.07, 6.45) is -6.14. The number of fused-ring (bicyclic) bond motifs is 2. The first kappa shape index (κ1) is 40.7. The highest BCUT2D eigenvalue weighted by atomic mass is 16.7. The van der Waals surface area contributed by atoms with Crippen molar-refractivity contribution >= 4 is 11.9 Å². The lowest BCUT2D eigenvalue weighted by Gasteiger charge is -2.49. The van der Waals surface area contributed by atoms with Crippen LogP contribution in [-0.2, 0) is 42.7 Å². The normalized spacial score (nSPS) is 52.6. The van der Waals surface area contributed by atoms with Crippen LogP contribution in [0.4, 0.5) is 0 Å². The molecule has 18 atom stereocenters. The molecule has 0 aromatic rings. The van der Waals surface area contributed by atoms with E-state index in [1.807, 2.05) is 60.5 Å². The van der Waals surface area contributed by atoms with Crippen LogP contribution >= 0.6 is 0 Å². The predicted molar refractivity (Wildman–Crippen MR) is 186 cm³/mol. The number of cyclic esters (lactones) is 1. The number of likely N-dealkylation sites (N-methyl/N-ethyl adjacent to an activating group) is 1. The molecule has 14 heteroatoms. The molecule has 4 saturated heterocycles. The van der Waals surface area contributed by atoms with E-state index in [1.165, 1.54) is 6.92 Å². The zero-order chi connectivity index (χ0) is 38.0. The third kappa shape index (κ3) is 7.48. The topological polar surface area (TPSA) is 170 Å². The van der Waals surface area contributed by atoms with E-state index >= 15 is 0 Å². The lowest BCUT2D eigenvalue weighted by molar-refractivity contribution is -0.312. The maximum atomic E-state index is 14.1. The van der Waals surface area contributed by atoms with Crippen molar-refractivity contribution in [3.05, 3.63) is 0 Å². The fourth-order valence-corrected chi connectivity index (χ4v) is 8.87. The highest BCUT2D eigenvalue weighted by Gasteiger charge is 2.67. The molecule has 5 rings (SSSR count). The van der Waals surface area contributed by atoms with Crippen LogP contribution in [0.3, 0.4) is 0 Å².